The predicted octanol–water partition coefficient (Wildman–Crippen LogP) is 2.85. The Morgan fingerprint density at radius 3 is 2.76 bits per heavy atom. The fraction of sp³-hybridized carbons (Fsp3) is 0.316. The van der Waals surface area contributed by atoms with Crippen LogP contribution in [-0.4, -0.2) is 35.7 Å². The van der Waals surface area contributed by atoms with E-state index < -0.39 is 17.7 Å². The summed E-state index contributed by atoms with van der Waals surface area (Å²) in [7, 11) is 1.56. The maximum atomic E-state index is 13.3. The number of hydrogen-bond donors (Lipinski definition) is 1. The van der Waals surface area contributed by atoms with E-state index in [1.165, 1.54) is 6.07 Å². The van der Waals surface area contributed by atoms with Crippen molar-refractivity contribution in [2.24, 2.45) is 0 Å². The van der Waals surface area contributed by atoms with E-state index in [1.807, 2.05) is 24.3 Å². The minimum absolute atomic E-state index is 0.0512. The molecule has 0 saturated carbocycles. The average molecular weight is 347 g/mol. The van der Waals surface area contributed by atoms with Gasteiger partial charge in [0.15, 0.2) is 11.6 Å². The Kier molecular flexibility index (Phi) is 4.99. The molecule has 0 bridgehead atoms. The summed E-state index contributed by atoms with van der Waals surface area (Å²) in [5.74, 6) is -1.49. The zero-order valence-electron chi connectivity index (χ0n) is 13.8. The Morgan fingerprint density at radius 2 is 2.04 bits per heavy atom. The van der Waals surface area contributed by atoms with Crippen molar-refractivity contribution in [3.8, 4) is 5.75 Å². The van der Waals surface area contributed by atoms with E-state index in [4.69, 9.17) is 4.74 Å². The first-order chi connectivity index (χ1) is 12.0. The Balaban J connectivity index is 1.80. The lowest BCUT2D eigenvalue weighted by atomic mass is 10.0. The lowest BCUT2D eigenvalue weighted by Gasteiger charge is -2.25. The van der Waals surface area contributed by atoms with E-state index in [2.05, 4.69) is 0 Å². The van der Waals surface area contributed by atoms with Gasteiger partial charge in [0.1, 0.15) is 5.75 Å². The van der Waals surface area contributed by atoms with Crippen molar-refractivity contribution in [3.05, 3.63) is 65.2 Å². The zero-order chi connectivity index (χ0) is 18.0. The number of carbonyl (C=O) groups excluding carboxylic acids is 1. The van der Waals surface area contributed by atoms with Gasteiger partial charge < -0.3 is 14.7 Å². The molecule has 2 atom stereocenters. The number of nitrogens with zero attached hydrogens (tertiary/aromatic N) is 1. The van der Waals surface area contributed by atoms with Crippen molar-refractivity contribution in [2.45, 2.75) is 25.0 Å². The van der Waals surface area contributed by atoms with Gasteiger partial charge in [0, 0.05) is 6.54 Å². The maximum Gasteiger partial charge on any atom is 0.227 e. The lowest BCUT2D eigenvalue weighted by Crippen LogP contribution is -2.33. The van der Waals surface area contributed by atoms with Gasteiger partial charge in [0.25, 0.3) is 0 Å². The van der Waals surface area contributed by atoms with Crippen LogP contribution in [0.2, 0.25) is 0 Å². The van der Waals surface area contributed by atoms with Gasteiger partial charge in [-0.05, 0) is 41.8 Å². The average Bonchev–Trinajstić information content (AvgIpc) is 3.00. The smallest absolute Gasteiger partial charge is 0.227 e. The van der Waals surface area contributed by atoms with Crippen molar-refractivity contribution >= 4 is 5.91 Å². The highest BCUT2D eigenvalue weighted by Crippen LogP contribution is 2.34. The summed E-state index contributed by atoms with van der Waals surface area (Å²) < 4.78 is 31.6. The van der Waals surface area contributed by atoms with E-state index >= 15 is 0 Å². The molecular formula is C19H19F2NO3. The first kappa shape index (κ1) is 17.4. The number of hydrogen-bond acceptors (Lipinski definition) is 3. The maximum absolute atomic E-state index is 13.3. The molecule has 1 heterocycles. The molecular weight excluding hydrogens is 328 g/mol. The van der Waals surface area contributed by atoms with E-state index in [0.717, 1.165) is 17.7 Å². The van der Waals surface area contributed by atoms with Gasteiger partial charge in [0.2, 0.25) is 5.91 Å². The fourth-order valence-electron chi connectivity index (χ4n) is 3.18. The van der Waals surface area contributed by atoms with Gasteiger partial charge in [0.05, 0.1) is 25.7 Å². The van der Waals surface area contributed by atoms with Gasteiger partial charge in [-0.2, -0.15) is 0 Å². The highest BCUT2D eigenvalue weighted by Gasteiger charge is 2.35. The van der Waals surface area contributed by atoms with Crippen molar-refractivity contribution in [2.75, 3.05) is 13.7 Å². The molecule has 1 amide bonds. The number of methoxy groups -OCH3 is 1. The van der Waals surface area contributed by atoms with Crippen LogP contribution in [0.4, 0.5) is 8.78 Å². The number of benzene rings is 2. The number of rotatable bonds is 4. The first-order valence-corrected chi connectivity index (χ1v) is 8.03. The molecule has 132 valence electrons. The van der Waals surface area contributed by atoms with Crippen LogP contribution >= 0.6 is 0 Å². The Morgan fingerprint density at radius 1 is 1.24 bits per heavy atom. The zero-order valence-corrected chi connectivity index (χ0v) is 13.8. The highest BCUT2D eigenvalue weighted by atomic mass is 19.2. The normalized spacial score (nSPS) is 19.9. The molecule has 3 rings (SSSR count). The van der Waals surface area contributed by atoms with Crippen LogP contribution < -0.4 is 4.74 Å². The van der Waals surface area contributed by atoms with Crippen molar-refractivity contribution < 1.29 is 23.4 Å². The summed E-state index contributed by atoms with van der Waals surface area (Å²) in [6.45, 7) is 0.213. The SMILES string of the molecule is COc1cccc([C@@H]2C[C@@H](O)CN2C(=O)Cc2ccc(F)c(F)c2)c1. The predicted molar refractivity (Wildman–Crippen MR) is 88.1 cm³/mol. The number of carbonyl (C=O) groups is 1. The van der Waals surface area contributed by atoms with Gasteiger partial charge in [-0.3, -0.25) is 4.79 Å². The third-order valence-electron chi connectivity index (χ3n) is 4.42. The largest absolute Gasteiger partial charge is 0.497 e. The number of β-amino-alcohol motifs (C(OH)–C–C–N with tert-alkyl or cyclic N) is 1. The van der Waals surface area contributed by atoms with Gasteiger partial charge in [-0.15, -0.1) is 0 Å². The Hall–Kier alpha value is -2.47. The molecule has 1 N–H and O–H groups in total. The van der Waals surface area contributed by atoms with E-state index in [-0.39, 0.29) is 24.9 Å². The molecule has 2 aromatic rings. The molecule has 0 aromatic heterocycles. The molecule has 2 aromatic carbocycles. The lowest BCUT2D eigenvalue weighted by molar-refractivity contribution is -0.131. The summed E-state index contributed by atoms with van der Waals surface area (Å²) in [6, 6.07) is 10.5. The molecule has 0 aliphatic carbocycles. The Bertz CT molecular complexity index is 781. The third-order valence-corrected chi connectivity index (χ3v) is 4.42. The van der Waals surface area contributed by atoms with E-state index in [1.54, 1.807) is 12.0 Å². The minimum Gasteiger partial charge on any atom is -0.497 e. The number of amides is 1. The van der Waals surface area contributed by atoms with Crippen LogP contribution in [0.1, 0.15) is 23.6 Å². The molecule has 0 unspecified atom stereocenters. The van der Waals surface area contributed by atoms with Crippen LogP contribution in [0.5, 0.6) is 5.75 Å². The molecule has 0 spiro atoms. The third kappa shape index (κ3) is 3.79. The highest BCUT2D eigenvalue weighted by molar-refractivity contribution is 5.79. The number of aliphatic hydroxyl groups excluding tert-OH is 1. The summed E-state index contributed by atoms with van der Waals surface area (Å²) in [5.41, 5.74) is 1.27. The molecule has 1 saturated heterocycles. The second-order valence-electron chi connectivity index (χ2n) is 6.15. The molecule has 1 aliphatic heterocycles. The number of aliphatic hydroxyl groups is 1. The standard InChI is InChI=1S/C19H19F2NO3/c1-25-15-4-2-3-13(9-15)18-10-14(23)11-22(18)19(24)8-12-5-6-16(20)17(21)7-12/h2-7,9,14,18,23H,8,10-11H2,1H3/t14-,18+/m1/s1. The van der Waals surface area contributed by atoms with Crippen LogP contribution in [0.15, 0.2) is 42.5 Å². The quantitative estimate of drug-likeness (QED) is 0.925. The van der Waals surface area contributed by atoms with Crippen LogP contribution in [0.3, 0.4) is 0 Å². The monoisotopic (exact) mass is 347 g/mol. The van der Waals surface area contributed by atoms with Crippen LogP contribution in [0, 0.1) is 11.6 Å². The van der Waals surface area contributed by atoms with E-state index in [9.17, 15) is 18.7 Å². The summed E-state index contributed by atoms with van der Waals surface area (Å²) in [4.78, 5) is 14.2. The van der Waals surface area contributed by atoms with Gasteiger partial charge >= 0.3 is 0 Å². The number of likely N-dealkylation sites (tertiary alicyclic amines) is 1. The van der Waals surface area contributed by atoms with Gasteiger partial charge in [-0.1, -0.05) is 18.2 Å². The summed E-state index contributed by atoms with van der Waals surface area (Å²) in [5, 5.41) is 10.0. The molecule has 25 heavy (non-hydrogen) atoms. The van der Waals surface area contributed by atoms with Crippen molar-refractivity contribution in [1.29, 1.82) is 0 Å². The molecule has 4 nitrogen and oxygen atoms in total. The van der Waals surface area contributed by atoms with Crippen LogP contribution in [-0.2, 0) is 11.2 Å². The summed E-state index contributed by atoms with van der Waals surface area (Å²) in [6.07, 6.45) is -0.244. The molecule has 1 fully saturated rings. The van der Waals surface area contributed by atoms with Crippen molar-refractivity contribution in [1.82, 2.24) is 4.90 Å². The fourth-order valence-corrected chi connectivity index (χ4v) is 3.18. The number of halogens is 2. The molecule has 6 heteroatoms. The topological polar surface area (TPSA) is 49.8 Å². The van der Waals surface area contributed by atoms with Crippen LogP contribution in [0.25, 0.3) is 0 Å². The second kappa shape index (κ2) is 7.19. The summed E-state index contributed by atoms with van der Waals surface area (Å²) >= 11 is 0. The first-order valence-electron chi connectivity index (χ1n) is 8.03. The van der Waals surface area contributed by atoms with Gasteiger partial charge in [-0.25, -0.2) is 8.78 Å². The van der Waals surface area contributed by atoms with Crippen molar-refractivity contribution in [3.63, 3.8) is 0 Å². The molecule has 1 aliphatic rings. The number of ether oxygens (including phenoxy) is 1. The molecule has 0 radical (unpaired) electrons. The second-order valence-corrected chi connectivity index (χ2v) is 6.15. The minimum atomic E-state index is -0.976. The van der Waals surface area contributed by atoms with E-state index in [0.29, 0.717) is 17.7 Å². The Labute approximate surface area is 144 Å².